The third kappa shape index (κ3) is 1.78. The van der Waals surface area contributed by atoms with Gasteiger partial charge in [-0.15, -0.1) is 11.3 Å². The molecule has 0 aliphatic rings. The van der Waals surface area contributed by atoms with E-state index in [2.05, 4.69) is 10.2 Å². The second kappa shape index (κ2) is 4.35. The highest BCUT2D eigenvalue weighted by atomic mass is 35.5. The van der Waals surface area contributed by atoms with E-state index in [1.165, 1.54) is 0 Å². The van der Waals surface area contributed by atoms with E-state index in [0.29, 0.717) is 14.8 Å². The number of halogens is 2. The zero-order chi connectivity index (χ0) is 12.9. The Labute approximate surface area is 122 Å². The van der Waals surface area contributed by atoms with Crippen LogP contribution < -0.4 is 0 Å². The van der Waals surface area contributed by atoms with Crippen molar-refractivity contribution < 1.29 is 0 Å². The van der Waals surface area contributed by atoms with Gasteiger partial charge in [0.15, 0.2) is 10.6 Å². The lowest BCUT2D eigenvalue weighted by Crippen LogP contribution is -1.90. The summed E-state index contributed by atoms with van der Waals surface area (Å²) in [6.07, 6.45) is 0. The van der Waals surface area contributed by atoms with Crippen molar-refractivity contribution in [3.8, 4) is 10.7 Å². The van der Waals surface area contributed by atoms with Crippen LogP contribution in [0, 0.1) is 4.77 Å². The van der Waals surface area contributed by atoms with Crippen molar-refractivity contribution in [3.63, 3.8) is 0 Å². The molecule has 1 aromatic carbocycles. The van der Waals surface area contributed by atoms with Gasteiger partial charge in [0.2, 0.25) is 0 Å². The Bertz CT molecular complexity index is 800. The predicted octanol–water partition coefficient (Wildman–Crippen LogP) is 4.67. The summed E-state index contributed by atoms with van der Waals surface area (Å²) < 4.78 is 3.40. The quantitative estimate of drug-likeness (QED) is 0.662. The number of fused-ring (bicyclic) bond motifs is 1. The van der Waals surface area contributed by atoms with Gasteiger partial charge in [0, 0.05) is 22.2 Å². The van der Waals surface area contributed by atoms with Gasteiger partial charge in [0.1, 0.15) is 0 Å². The summed E-state index contributed by atoms with van der Waals surface area (Å²) in [4.78, 5) is 0.892. The van der Waals surface area contributed by atoms with E-state index in [1.54, 1.807) is 15.9 Å². The molecule has 1 N–H and O–H groups in total. The van der Waals surface area contributed by atoms with Crippen LogP contribution in [0.25, 0.3) is 20.8 Å². The van der Waals surface area contributed by atoms with Crippen LogP contribution in [0.15, 0.2) is 18.2 Å². The van der Waals surface area contributed by atoms with Crippen molar-refractivity contribution in [2.75, 3.05) is 0 Å². The molecule has 0 radical (unpaired) electrons. The molecular weight excluding hydrogens is 309 g/mol. The molecule has 2 heterocycles. The molecule has 0 fully saturated rings. The fourth-order valence-corrected chi connectivity index (χ4v) is 3.68. The molecule has 92 valence electrons. The zero-order valence-electron chi connectivity index (χ0n) is 9.20. The maximum atomic E-state index is 6.39. The average molecular weight is 316 g/mol. The van der Waals surface area contributed by atoms with Crippen molar-refractivity contribution in [1.29, 1.82) is 0 Å². The average Bonchev–Trinajstić information content (AvgIpc) is 2.82. The van der Waals surface area contributed by atoms with Gasteiger partial charge in [-0.1, -0.05) is 29.3 Å². The van der Waals surface area contributed by atoms with Crippen LogP contribution in [0.5, 0.6) is 0 Å². The normalized spacial score (nSPS) is 11.3. The van der Waals surface area contributed by atoms with E-state index in [1.807, 2.05) is 25.2 Å². The molecule has 2 aromatic heterocycles. The summed E-state index contributed by atoms with van der Waals surface area (Å²) in [7, 11) is 1.86. The van der Waals surface area contributed by atoms with Gasteiger partial charge in [-0.2, -0.15) is 5.10 Å². The topological polar surface area (TPSA) is 33.6 Å². The molecule has 0 saturated heterocycles. The maximum Gasteiger partial charge on any atom is 0.195 e. The molecule has 3 aromatic rings. The zero-order valence-corrected chi connectivity index (χ0v) is 12.3. The van der Waals surface area contributed by atoms with E-state index in [-0.39, 0.29) is 0 Å². The van der Waals surface area contributed by atoms with Crippen molar-refractivity contribution in [3.05, 3.63) is 33.0 Å². The number of nitrogens with zero attached hydrogens (tertiary/aromatic N) is 2. The lowest BCUT2D eigenvalue weighted by molar-refractivity contribution is 0.904. The number of hydrogen-bond acceptors (Lipinski definition) is 3. The molecule has 0 atom stereocenters. The number of thiophene rings is 1. The molecule has 3 nitrogen and oxygen atoms in total. The minimum atomic E-state index is 0.566. The third-order valence-electron chi connectivity index (χ3n) is 2.67. The number of H-pyrrole nitrogens is 1. The first kappa shape index (κ1) is 12.2. The third-order valence-corrected chi connectivity index (χ3v) is 4.93. The summed E-state index contributed by atoms with van der Waals surface area (Å²) in [6, 6.07) is 5.65. The Hall–Kier alpha value is -0.880. The second-order valence-corrected chi connectivity index (χ2v) is 6.05. The minimum absolute atomic E-state index is 0.566. The predicted molar refractivity (Wildman–Crippen MR) is 79.2 cm³/mol. The fourth-order valence-electron chi connectivity index (χ4n) is 1.73. The monoisotopic (exact) mass is 315 g/mol. The fraction of sp³-hybridized carbons (Fsp3) is 0.0909. The highest BCUT2D eigenvalue weighted by Gasteiger charge is 2.16. The van der Waals surface area contributed by atoms with Crippen LogP contribution in [0.1, 0.15) is 0 Å². The number of aromatic amines is 1. The van der Waals surface area contributed by atoms with Gasteiger partial charge in [-0.3, -0.25) is 5.10 Å². The molecule has 0 aliphatic carbocycles. The van der Waals surface area contributed by atoms with Gasteiger partial charge in [-0.25, -0.2) is 0 Å². The highest BCUT2D eigenvalue weighted by molar-refractivity contribution is 7.71. The van der Waals surface area contributed by atoms with Gasteiger partial charge >= 0.3 is 0 Å². The Balaban J connectivity index is 2.33. The molecule has 18 heavy (non-hydrogen) atoms. The highest BCUT2D eigenvalue weighted by Crippen LogP contribution is 2.41. The van der Waals surface area contributed by atoms with Crippen LogP contribution in [-0.2, 0) is 7.05 Å². The van der Waals surface area contributed by atoms with E-state index in [9.17, 15) is 0 Å². The first-order valence-corrected chi connectivity index (χ1v) is 7.05. The summed E-state index contributed by atoms with van der Waals surface area (Å²) >= 11 is 19.0. The Kier molecular flexibility index (Phi) is 2.94. The van der Waals surface area contributed by atoms with E-state index in [0.717, 1.165) is 20.8 Å². The molecular formula is C11H7Cl2N3S2. The molecule has 0 unspecified atom stereocenters. The minimum Gasteiger partial charge on any atom is -0.303 e. The number of hydrogen-bond donors (Lipinski definition) is 1. The smallest absolute Gasteiger partial charge is 0.195 e. The largest absolute Gasteiger partial charge is 0.303 e. The Morgan fingerprint density at radius 1 is 1.39 bits per heavy atom. The summed E-state index contributed by atoms with van der Waals surface area (Å²) in [5.74, 6) is 0.738. The Morgan fingerprint density at radius 3 is 2.83 bits per heavy atom. The van der Waals surface area contributed by atoms with Crippen LogP contribution >= 0.6 is 46.8 Å². The SMILES string of the molecule is Cn1c(-c2sc3cc(Cl)ccc3c2Cl)n[nH]c1=S. The van der Waals surface area contributed by atoms with Crippen molar-refractivity contribution in [2.45, 2.75) is 0 Å². The molecule has 3 rings (SSSR count). The molecule has 0 saturated carbocycles. The van der Waals surface area contributed by atoms with Crippen molar-refractivity contribution >= 4 is 56.8 Å². The maximum absolute atomic E-state index is 6.39. The van der Waals surface area contributed by atoms with E-state index in [4.69, 9.17) is 35.4 Å². The Morgan fingerprint density at radius 2 is 2.17 bits per heavy atom. The van der Waals surface area contributed by atoms with Crippen molar-refractivity contribution in [1.82, 2.24) is 14.8 Å². The second-order valence-electron chi connectivity index (χ2n) is 3.80. The lowest BCUT2D eigenvalue weighted by Gasteiger charge is -1.96. The molecule has 0 bridgehead atoms. The van der Waals surface area contributed by atoms with Crippen LogP contribution in [0.2, 0.25) is 10.0 Å². The molecule has 7 heteroatoms. The van der Waals surface area contributed by atoms with Crippen LogP contribution in [0.4, 0.5) is 0 Å². The lowest BCUT2D eigenvalue weighted by atomic mass is 10.2. The summed E-state index contributed by atoms with van der Waals surface area (Å²) in [6.45, 7) is 0. The van der Waals surface area contributed by atoms with Crippen LogP contribution in [0.3, 0.4) is 0 Å². The van der Waals surface area contributed by atoms with Gasteiger partial charge in [-0.05, 0) is 24.4 Å². The van der Waals surface area contributed by atoms with Gasteiger partial charge in [0.25, 0.3) is 0 Å². The molecule has 0 spiro atoms. The van der Waals surface area contributed by atoms with E-state index < -0.39 is 0 Å². The summed E-state index contributed by atoms with van der Waals surface area (Å²) in [5.41, 5.74) is 0. The standard InChI is InChI=1S/C11H7Cl2N3S2/c1-16-10(14-15-11(16)17)9-8(13)6-3-2-5(12)4-7(6)18-9/h2-4H,1H3,(H,15,17). The van der Waals surface area contributed by atoms with E-state index >= 15 is 0 Å². The first-order chi connectivity index (χ1) is 8.58. The van der Waals surface area contributed by atoms with Crippen LogP contribution in [-0.4, -0.2) is 14.8 Å². The number of aromatic nitrogens is 3. The summed E-state index contributed by atoms with van der Waals surface area (Å²) in [5, 5.41) is 9.32. The number of rotatable bonds is 1. The molecule has 0 amide bonds. The van der Waals surface area contributed by atoms with Gasteiger partial charge in [0.05, 0.1) is 9.90 Å². The van der Waals surface area contributed by atoms with Gasteiger partial charge < -0.3 is 4.57 Å². The number of benzene rings is 1. The first-order valence-electron chi connectivity index (χ1n) is 5.07. The van der Waals surface area contributed by atoms with Crippen molar-refractivity contribution in [2.24, 2.45) is 7.05 Å². The number of nitrogens with one attached hydrogen (secondary N) is 1. The molecule has 0 aliphatic heterocycles.